The summed E-state index contributed by atoms with van der Waals surface area (Å²) in [6.07, 6.45) is 7.18. The highest BCUT2D eigenvalue weighted by molar-refractivity contribution is 5.46. The molecular formula is C19H27NO2. The lowest BCUT2D eigenvalue weighted by Gasteiger charge is -2.58. The predicted molar refractivity (Wildman–Crippen MR) is 88.1 cm³/mol. The number of benzene rings is 1. The zero-order chi connectivity index (χ0) is 15.2. The van der Waals surface area contributed by atoms with E-state index >= 15 is 0 Å². The standard InChI is InChI=1S/C19H27NO2/c1-22-17-4-2-16(3-5-17)20-7-6-18-14-8-13-9-15(18)12-19(21,10-13)11-14/h2-5,13-15,18,20-21H,6-12H2,1H3. The van der Waals surface area contributed by atoms with Crippen LogP contribution in [0.2, 0.25) is 0 Å². The molecule has 1 aromatic rings. The van der Waals surface area contributed by atoms with Crippen molar-refractivity contribution >= 4 is 5.69 Å². The summed E-state index contributed by atoms with van der Waals surface area (Å²) in [6.45, 7) is 1.03. The topological polar surface area (TPSA) is 41.5 Å². The molecule has 4 aliphatic carbocycles. The molecule has 0 saturated heterocycles. The normalized spacial score (nSPS) is 39.0. The van der Waals surface area contributed by atoms with Gasteiger partial charge >= 0.3 is 0 Å². The van der Waals surface area contributed by atoms with Gasteiger partial charge in [-0.05, 0) is 86.5 Å². The minimum atomic E-state index is -0.295. The SMILES string of the molecule is COc1ccc(NCCC2C3CC4CC2CC(O)(C4)C3)cc1. The second-order valence-corrected chi connectivity index (χ2v) is 7.80. The molecule has 0 heterocycles. The van der Waals surface area contributed by atoms with Gasteiger partial charge in [0.05, 0.1) is 12.7 Å². The minimum Gasteiger partial charge on any atom is -0.497 e. The van der Waals surface area contributed by atoms with Gasteiger partial charge in [0.2, 0.25) is 0 Å². The highest BCUT2D eigenvalue weighted by Crippen LogP contribution is 2.58. The monoisotopic (exact) mass is 301 g/mol. The lowest BCUT2D eigenvalue weighted by Crippen LogP contribution is -2.54. The van der Waals surface area contributed by atoms with Crippen molar-refractivity contribution in [2.45, 2.75) is 44.1 Å². The lowest BCUT2D eigenvalue weighted by molar-refractivity contribution is -0.152. The van der Waals surface area contributed by atoms with Gasteiger partial charge in [0.25, 0.3) is 0 Å². The van der Waals surface area contributed by atoms with E-state index in [0.29, 0.717) is 0 Å². The van der Waals surface area contributed by atoms with Crippen LogP contribution in [0, 0.1) is 23.7 Å². The second kappa shape index (κ2) is 5.45. The van der Waals surface area contributed by atoms with Gasteiger partial charge < -0.3 is 15.2 Å². The fourth-order valence-electron chi connectivity index (χ4n) is 5.65. The predicted octanol–water partition coefficient (Wildman–Crippen LogP) is 3.68. The molecule has 4 saturated carbocycles. The number of hydrogen-bond acceptors (Lipinski definition) is 3. The lowest BCUT2D eigenvalue weighted by atomic mass is 9.49. The molecule has 0 spiro atoms. The van der Waals surface area contributed by atoms with Crippen molar-refractivity contribution in [3.05, 3.63) is 24.3 Å². The van der Waals surface area contributed by atoms with Gasteiger partial charge in [0.1, 0.15) is 5.75 Å². The van der Waals surface area contributed by atoms with Crippen LogP contribution in [0.25, 0.3) is 0 Å². The van der Waals surface area contributed by atoms with Crippen LogP contribution in [0.1, 0.15) is 38.5 Å². The number of methoxy groups -OCH3 is 1. The molecule has 0 radical (unpaired) electrons. The van der Waals surface area contributed by atoms with Crippen LogP contribution in [-0.2, 0) is 0 Å². The van der Waals surface area contributed by atoms with Crippen LogP contribution < -0.4 is 10.1 Å². The number of ether oxygens (including phenoxy) is 1. The molecule has 4 bridgehead atoms. The Morgan fingerprint density at radius 1 is 1.14 bits per heavy atom. The van der Waals surface area contributed by atoms with Gasteiger partial charge in [-0.25, -0.2) is 0 Å². The molecule has 22 heavy (non-hydrogen) atoms. The van der Waals surface area contributed by atoms with Crippen molar-refractivity contribution in [3.63, 3.8) is 0 Å². The van der Waals surface area contributed by atoms with Crippen LogP contribution >= 0.6 is 0 Å². The Labute approximate surface area is 133 Å². The van der Waals surface area contributed by atoms with E-state index in [1.54, 1.807) is 7.11 Å². The summed E-state index contributed by atoms with van der Waals surface area (Å²) >= 11 is 0. The zero-order valence-corrected chi connectivity index (χ0v) is 13.4. The van der Waals surface area contributed by atoms with Crippen LogP contribution in [0.3, 0.4) is 0 Å². The van der Waals surface area contributed by atoms with E-state index in [1.165, 1.54) is 24.9 Å². The van der Waals surface area contributed by atoms with Crippen LogP contribution in [0.4, 0.5) is 5.69 Å². The quantitative estimate of drug-likeness (QED) is 0.871. The van der Waals surface area contributed by atoms with Gasteiger partial charge in [0.15, 0.2) is 0 Å². The molecule has 0 aromatic heterocycles. The van der Waals surface area contributed by atoms with E-state index in [-0.39, 0.29) is 5.60 Å². The summed E-state index contributed by atoms with van der Waals surface area (Å²) in [6, 6.07) is 8.16. The second-order valence-electron chi connectivity index (χ2n) is 7.80. The van der Waals surface area contributed by atoms with Crippen LogP contribution in [0.15, 0.2) is 24.3 Å². The molecule has 5 rings (SSSR count). The van der Waals surface area contributed by atoms with Gasteiger partial charge in [-0.3, -0.25) is 0 Å². The minimum absolute atomic E-state index is 0.295. The average Bonchev–Trinajstić information content (AvgIpc) is 2.49. The smallest absolute Gasteiger partial charge is 0.119 e. The van der Waals surface area contributed by atoms with E-state index in [0.717, 1.165) is 55.2 Å². The summed E-state index contributed by atoms with van der Waals surface area (Å²) < 4.78 is 5.19. The molecule has 0 amide bonds. The van der Waals surface area contributed by atoms with Crippen LogP contribution in [-0.4, -0.2) is 24.4 Å². The van der Waals surface area contributed by atoms with Crippen molar-refractivity contribution in [2.75, 3.05) is 19.0 Å². The molecule has 120 valence electrons. The largest absolute Gasteiger partial charge is 0.497 e. The Morgan fingerprint density at radius 3 is 2.41 bits per heavy atom. The number of hydrogen-bond donors (Lipinski definition) is 2. The molecule has 2 unspecified atom stereocenters. The summed E-state index contributed by atoms with van der Waals surface area (Å²) in [5.74, 6) is 4.08. The van der Waals surface area contributed by atoms with Gasteiger partial charge in [-0.2, -0.15) is 0 Å². The third kappa shape index (κ3) is 2.60. The van der Waals surface area contributed by atoms with E-state index in [4.69, 9.17) is 4.74 Å². The van der Waals surface area contributed by atoms with E-state index in [1.807, 2.05) is 12.1 Å². The van der Waals surface area contributed by atoms with Gasteiger partial charge in [-0.15, -0.1) is 0 Å². The van der Waals surface area contributed by atoms with Crippen molar-refractivity contribution in [1.29, 1.82) is 0 Å². The zero-order valence-electron chi connectivity index (χ0n) is 13.4. The first-order chi connectivity index (χ1) is 10.6. The first-order valence-corrected chi connectivity index (χ1v) is 8.75. The first-order valence-electron chi connectivity index (χ1n) is 8.75. The maximum absolute atomic E-state index is 10.6. The van der Waals surface area contributed by atoms with Crippen LogP contribution in [0.5, 0.6) is 5.75 Å². The first kappa shape index (κ1) is 14.4. The molecule has 3 heteroatoms. The maximum atomic E-state index is 10.6. The molecular weight excluding hydrogens is 274 g/mol. The van der Waals surface area contributed by atoms with E-state index in [2.05, 4.69) is 17.4 Å². The van der Waals surface area contributed by atoms with Crippen molar-refractivity contribution in [3.8, 4) is 5.75 Å². The molecule has 3 nitrogen and oxygen atoms in total. The third-order valence-electron chi connectivity index (χ3n) is 6.33. The highest BCUT2D eigenvalue weighted by Gasteiger charge is 2.54. The third-order valence-corrected chi connectivity index (χ3v) is 6.33. The van der Waals surface area contributed by atoms with E-state index < -0.39 is 0 Å². The van der Waals surface area contributed by atoms with Crippen molar-refractivity contribution in [2.24, 2.45) is 23.7 Å². The number of anilines is 1. The average molecular weight is 301 g/mol. The molecule has 2 atom stereocenters. The Balaban J connectivity index is 1.32. The fourth-order valence-corrected chi connectivity index (χ4v) is 5.65. The molecule has 4 aliphatic rings. The Kier molecular flexibility index (Phi) is 3.56. The summed E-state index contributed by atoms with van der Waals surface area (Å²) in [5, 5.41) is 14.2. The fraction of sp³-hybridized carbons (Fsp3) is 0.684. The number of nitrogens with one attached hydrogen (secondary N) is 1. The Bertz CT molecular complexity index is 511. The summed E-state index contributed by atoms with van der Waals surface area (Å²) in [5.41, 5.74) is 0.874. The molecule has 2 N–H and O–H groups in total. The molecule has 0 aliphatic heterocycles. The van der Waals surface area contributed by atoms with E-state index in [9.17, 15) is 5.11 Å². The Morgan fingerprint density at radius 2 is 1.82 bits per heavy atom. The summed E-state index contributed by atoms with van der Waals surface area (Å²) in [7, 11) is 1.70. The highest BCUT2D eigenvalue weighted by atomic mass is 16.5. The van der Waals surface area contributed by atoms with Crippen molar-refractivity contribution < 1.29 is 9.84 Å². The number of rotatable bonds is 5. The molecule has 4 fully saturated rings. The van der Waals surface area contributed by atoms with Gasteiger partial charge in [-0.1, -0.05) is 0 Å². The van der Waals surface area contributed by atoms with Gasteiger partial charge in [0, 0.05) is 12.2 Å². The summed E-state index contributed by atoms with van der Waals surface area (Å²) in [4.78, 5) is 0. The number of aliphatic hydroxyl groups is 1. The Hall–Kier alpha value is -1.22. The van der Waals surface area contributed by atoms with Crippen molar-refractivity contribution in [1.82, 2.24) is 0 Å². The maximum Gasteiger partial charge on any atom is 0.119 e. The molecule has 1 aromatic carbocycles.